The Morgan fingerprint density at radius 1 is 1.41 bits per heavy atom. The summed E-state index contributed by atoms with van der Waals surface area (Å²) < 4.78 is 1.89. The highest BCUT2D eigenvalue weighted by atomic mass is 16.3. The summed E-state index contributed by atoms with van der Waals surface area (Å²) in [6, 6.07) is 0. The molecule has 122 valence electrons. The molecule has 1 aliphatic carbocycles. The molecular weight excluding hydrogens is 278 g/mol. The van der Waals surface area contributed by atoms with Gasteiger partial charge in [0, 0.05) is 24.2 Å². The fraction of sp³-hybridized carbons (Fsp3) is 0.765. The zero-order valence-corrected chi connectivity index (χ0v) is 14.1. The van der Waals surface area contributed by atoms with Crippen LogP contribution in [-0.2, 0) is 6.54 Å². The normalized spacial score (nSPS) is 27.4. The van der Waals surface area contributed by atoms with Crippen LogP contribution in [0.1, 0.15) is 56.1 Å². The minimum Gasteiger partial charge on any atom is -0.387 e. The van der Waals surface area contributed by atoms with Crippen molar-refractivity contribution in [2.75, 3.05) is 13.1 Å². The molecule has 0 bridgehead atoms. The van der Waals surface area contributed by atoms with Crippen LogP contribution in [0.5, 0.6) is 0 Å². The van der Waals surface area contributed by atoms with Crippen LogP contribution < -0.4 is 0 Å². The van der Waals surface area contributed by atoms with Crippen molar-refractivity contribution in [2.45, 2.75) is 59.1 Å². The predicted octanol–water partition coefficient (Wildman–Crippen LogP) is 2.22. The molecule has 2 heterocycles. The number of carbonyl (C=O) groups is 1. The van der Waals surface area contributed by atoms with E-state index in [2.05, 4.69) is 25.9 Å². The van der Waals surface area contributed by atoms with E-state index in [1.807, 2.05) is 16.5 Å². The molecule has 1 saturated heterocycles. The fourth-order valence-electron chi connectivity index (χ4n) is 3.83. The van der Waals surface area contributed by atoms with Crippen molar-refractivity contribution in [3.8, 4) is 0 Å². The average molecular weight is 305 g/mol. The summed E-state index contributed by atoms with van der Waals surface area (Å²) in [7, 11) is 0. The predicted molar refractivity (Wildman–Crippen MR) is 84.6 cm³/mol. The third-order valence-corrected chi connectivity index (χ3v) is 5.50. The highest BCUT2D eigenvalue weighted by molar-refractivity contribution is 5.95. The summed E-state index contributed by atoms with van der Waals surface area (Å²) in [6.45, 7) is 10.1. The number of rotatable bonds is 4. The second kappa shape index (κ2) is 5.08. The molecule has 3 rings (SSSR count). The zero-order valence-electron chi connectivity index (χ0n) is 14.1. The van der Waals surface area contributed by atoms with Crippen molar-refractivity contribution in [1.29, 1.82) is 0 Å². The topological polar surface area (TPSA) is 58.4 Å². The van der Waals surface area contributed by atoms with E-state index in [4.69, 9.17) is 0 Å². The molecular formula is C17H27N3O2. The molecule has 2 fully saturated rings. The van der Waals surface area contributed by atoms with Crippen molar-refractivity contribution in [1.82, 2.24) is 14.7 Å². The Hall–Kier alpha value is -1.36. The Morgan fingerprint density at radius 3 is 2.68 bits per heavy atom. The maximum Gasteiger partial charge on any atom is 0.257 e. The molecule has 0 unspecified atom stereocenters. The molecule has 1 aromatic rings. The number of hydrogen-bond donors (Lipinski definition) is 1. The number of β-amino-alcohol motifs (C(OH)–C–C–N with tert-alkyl or cyclic N) is 1. The lowest BCUT2D eigenvalue weighted by Gasteiger charge is -2.35. The van der Waals surface area contributed by atoms with Crippen LogP contribution in [0.3, 0.4) is 0 Å². The molecule has 1 aromatic heterocycles. The average Bonchev–Trinajstić information content (AvgIpc) is 3.20. The summed E-state index contributed by atoms with van der Waals surface area (Å²) in [5, 5.41) is 15.4. The van der Waals surface area contributed by atoms with E-state index in [1.165, 1.54) is 0 Å². The Labute approximate surface area is 132 Å². The largest absolute Gasteiger partial charge is 0.387 e. The summed E-state index contributed by atoms with van der Waals surface area (Å²) >= 11 is 0. The fourth-order valence-corrected chi connectivity index (χ4v) is 3.83. The third-order valence-electron chi connectivity index (χ3n) is 5.50. The second-order valence-corrected chi connectivity index (χ2v) is 7.61. The van der Waals surface area contributed by atoms with Gasteiger partial charge in [-0.15, -0.1) is 0 Å². The van der Waals surface area contributed by atoms with Crippen LogP contribution in [0.2, 0.25) is 0 Å². The Kier molecular flexibility index (Phi) is 3.59. The first-order valence-corrected chi connectivity index (χ1v) is 8.34. The monoisotopic (exact) mass is 305 g/mol. The van der Waals surface area contributed by atoms with E-state index < -0.39 is 5.60 Å². The molecule has 1 amide bonds. The summed E-state index contributed by atoms with van der Waals surface area (Å²) in [6.07, 6.45) is 4.83. The number of nitrogens with zero attached hydrogens (tertiary/aromatic N) is 3. The van der Waals surface area contributed by atoms with E-state index in [-0.39, 0.29) is 11.3 Å². The first-order valence-electron chi connectivity index (χ1n) is 8.34. The quantitative estimate of drug-likeness (QED) is 0.928. The number of amides is 1. The number of carbonyl (C=O) groups excluding carboxylic acids is 1. The lowest BCUT2D eigenvalue weighted by atomic mass is 9.75. The molecule has 0 radical (unpaired) electrons. The standard InChI is InChI=1S/C17H27N3O2/c1-5-8-20-12(2)14(9-18-20)15(21)19-10-16(3,4)17(22,11-19)13-6-7-13/h9,13,22H,5-8,10-11H2,1-4H3/t17-/m1/s1. The molecule has 1 saturated carbocycles. The number of likely N-dealkylation sites (tertiary alicyclic amines) is 1. The van der Waals surface area contributed by atoms with E-state index in [1.54, 1.807) is 6.20 Å². The Morgan fingerprint density at radius 2 is 2.09 bits per heavy atom. The number of aromatic nitrogens is 2. The smallest absolute Gasteiger partial charge is 0.257 e. The van der Waals surface area contributed by atoms with Crippen LogP contribution in [0.15, 0.2) is 6.20 Å². The van der Waals surface area contributed by atoms with Crippen LogP contribution >= 0.6 is 0 Å². The maximum atomic E-state index is 12.9. The summed E-state index contributed by atoms with van der Waals surface area (Å²) in [5.41, 5.74) is 0.600. The molecule has 5 nitrogen and oxygen atoms in total. The molecule has 5 heteroatoms. The van der Waals surface area contributed by atoms with Crippen molar-refractivity contribution < 1.29 is 9.90 Å². The molecule has 1 N–H and O–H groups in total. The van der Waals surface area contributed by atoms with Gasteiger partial charge in [-0.2, -0.15) is 5.10 Å². The SMILES string of the molecule is CCCn1ncc(C(=O)N2CC(C)(C)[C@](O)(C3CC3)C2)c1C. The van der Waals surface area contributed by atoms with E-state index in [0.717, 1.165) is 31.5 Å². The van der Waals surface area contributed by atoms with E-state index in [0.29, 0.717) is 24.6 Å². The summed E-state index contributed by atoms with van der Waals surface area (Å²) in [4.78, 5) is 14.7. The lowest BCUT2D eigenvalue weighted by molar-refractivity contribution is -0.0481. The van der Waals surface area contributed by atoms with Crippen LogP contribution in [0.4, 0.5) is 0 Å². The highest BCUT2D eigenvalue weighted by Gasteiger charge is 2.59. The van der Waals surface area contributed by atoms with Gasteiger partial charge in [-0.25, -0.2) is 0 Å². The minimum absolute atomic E-state index is 0.00417. The van der Waals surface area contributed by atoms with Crippen molar-refractivity contribution in [2.24, 2.45) is 11.3 Å². The van der Waals surface area contributed by atoms with Crippen molar-refractivity contribution in [3.63, 3.8) is 0 Å². The maximum absolute atomic E-state index is 12.9. The summed E-state index contributed by atoms with van der Waals surface area (Å²) in [5.74, 6) is 0.355. The minimum atomic E-state index is -0.740. The first-order chi connectivity index (χ1) is 10.3. The number of hydrogen-bond acceptors (Lipinski definition) is 3. The lowest BCUT2D eigenvalue weighted by Crippen LogP contribution is -2.46. The van der Waals surface area contributed by atoms with Gasteiger partial charge in [0.2, 0.25) is 0 Å². The third kappa shape index (κ3) is 2.26. The molecule has 0 spiro atoms. The van der Waals surface area contributed by atoms with Crippen LogP contribution in [-0.4, -0.2) is 44.4 Å². The van der Waals surface area contributed by atoms with Gasteiger partial charge in [0.1, 0.15) is 0 Å². The first kappa shape index (κ1) is 15.5. The van der Waals surface area contributed by atoms with Gasteiger partial charge < -0.3 is 10.0 Å². The Balaban J connectivity index is 1.82. The van der Waals surface area contributed by atoms with E-state index in [9.17, 15) is 9.90 Å². The van der Waals surface area contributed by atoms with Crippen molar-refractivity contribution >= 4 is 5.91 Å². The van der Waals surface area contributed by atoms with Gasteiger partial charge in [-0.1, -0.05) is 20.8 Å². The zero-order chi connectivity index (χ0) is 16.1. The molecule has 22 heavy (non-hydrogen) atoms. The van der Waals surface area contributed by atoms with Gasteiger partial charge in [0.05, 0.1) is 23.9 Å². The van der Waals surface area contributed by atoms with Crippen molar-refractivity contribution in [3.05, 3.63) is 17.5 Å². The molecule has 2 aliphatic rings. The second-order valence-electron chi connectivity index (χ2n) is 7.61. The molecule has 1 atom stereocenters. The highest BCUT2D eigenvalue weighted by Crippen LogP contribution is 2.52. The van der Waals surface area contributed by atoms with Crippen LogP contribution in [0, 0.1) is 18.3 Å². The number of aryl methyl sites for hydroxylation is 1. The van der Waals surface area contributed by atoms with Gasteiger partial charge in [-0.05, 0) is 32.1 Å². The molecule has 1 aliphatic heterocycles. The van der Waals surface area contributed by atoms with Gasteiger partial charge in [-0.3, -0.25) is 9.48 Å². The molecule has 0 aromatic carbocycles. The Bertz CT molecular complexity index is 589. The van der Waals surface area contributed by atoms with Crippen LogP contribution in [0.25, 0.3) is 0 Å². The van der Waals surface area contributed by atoms with Gasteiger partial charge in [0.15, 0.2) is 0 Å². The van der Waals surface area contributed by atoms with Gasteiger partial charge >= 0.3 is 0 Å². The van der Waals surface area contributed by atoms with E-state index >= 15 is 0 Å². The number of aliphatic hydroxyl groups is 1. The van der Waals surface area contributed by atoms with Gasteiger partial charge in [0.25, 0.3) is 5.91 Å².